The van der Waals surface area contributed by atoms with Crippen LogP contribution in [-0.4, -0.2) is 30.4 Å². The molecule has 176 valence electrons. The summed E-state index contributed by atoms with van der Waals surface area (Å²) in [5.41, 5.74) is 4.92. The van der Waals surface area contributed by atoms with Crippen LogP contribution in [0.3, 0.4) is 0 Å². The smallest absolute Gasteiger partial charge is 0.411 e. The molecule has 4 N–H and O–H groups in total. The lowest BCUT2D eigenvalue weighted by Gasteiger charge is -2.56. The molecule has 2 bridgehead atoms. The first-order valence-corrected chi connectivity index (χ1v) is 12.5. The van der Waals surface area contributed by atoms with Crippen molar-refractivity contribution in [3.8, 4) is 5.75 Å². The third-order valence-electron chi connectivity index (χ3n) is 7.92. The molecule has 1 heterocycles. The quantitative estimate of drug-likeness (QED) is 0.329. The van der Waals surface area contributed by atoms with E-state index in [4.69, 9.17) is 4.74 Å². The number of ether oxygens (including phenoxy) is 1. The van der Waals surface area contributed by atoms with Crippen LogP contribution >= 0.6 is 0 Å². The average molecular weight is 450 g/mol. The molecule has 2 aromatic carbocycles. The predicted molar refractivity (Wildman–Crippen MR) is 131 cm³/mol. The Morgan fingerprint density at radius 1 is 1.18 bits per heavy atom. The monoisotopic (exact) mass is 449 g/mol. The Hall–Kier alpha value is -2.73. The number of anilines is 3. The van der Waals surface area contributed by atoms with Gasteiger partial charge in [0.1, 0.15) is 5.75 Å². The van der Waals surface area contributed by atoms with E-state index < -0.39 is 6.09 Å². The van der Waals surface area contributed by atoms with Crippen LogP contribution in [0.4, 0.5) is 21.9 Å². The first-order chi connectivity index (χ1) is 16.1. The number of amides is 1. The molecule has 0 radical (unpaired) electrons. The summed E-state index contributed by atoms with van der Waals surface area (Å²) in [6, 6.07) is 12.2. The molecule has 3 aliphatic rings. The summed E-state index contributed by atoms with van der Waals surface area (Å²) in [4.78, 5) is 12.2. The Morgan fingerprint density at radius 2 is 2.03 bits per heavy atom. The molecule has 1 saturated heterocycles. The van der Waals surface area contributed by atoms with E-state index in [-0.39, 0.29) is 11.2 Å². The number of hydrogen-bond acceptors (Lipinski definition) is 5. The second-order valence-electron chi connectivity index (χ2n) is 9.83. The van der Waals surface area contributed by atoms with E-state index in [2.05, 4.69) is 28.9 Å². The number of fused-ring (bicyclic) bond motifs is 1. The van der Waals surface area contributed by atoms with Gasteiger partial charge in [-0.3, -0.25) is 5.32 Å². The van der Waals surface area contributed by atoms with Crippen LogP contribution in [0.2, 0.25) is 0 Å². The zero-order valence-corrected chi connectivity index (χ0v) is 19.5. The number of phenols is 1. The van der Waals surface area contributed by atoms with Crippen LogP contribution in [0.5, 0.6) is 5.75 Å². The minimum atomic E-state index is -0.464. The minimum Gasteiger partial charge on any atom is -0.506 e. The van der Waals surface area contributed by atoms with Gasteiger partial charge in [-0.1, -0.05) is 38.3 Å². The Balaban J connectivity index is 1.41. The topological polar surface area (TPSA) is 82.6 Å². The third-order valence-corrected chi connectivity index (χ3v) is 7.92. The average Bonchev–Trinajstić information content (AvgIpc) is 2.82. The molecule has 1 saturated carbocycles. The molecule has 2 aromatic rings. The van der Waals surface area contributed by atoms with Crippen molar-refractivity contribution in [3.05, 3.63) is 47.5 Å². The Morgan fingerprint density at radius 3 is 2.88 bits per heavy atom. The molecular weight excluding hydrogens is 414 g/mol. The number of aromatic hydroxyl groups is 1. The zero-order chi connectivity index (χ0) is 22.8. The highest BCUT2D eigenvalue weighted by Crippen LogP contribution is 2.55. The van der Waals surface area contributed by atoms with Gasteiger partial charge in [-0.15, -0.1) is 0 Å². The van der Waals surface area contributed by atoms with Crippen molar-refractivity contribution in [2.45, 2.75) is 69.7 Å². The fourth-order valence-electron chi connectivity index (χ4n) is 6.37. The number of para-hydroxylation sites is 2. The number of hydrogen-bond donors (Lipinski definition) is 4. The number of phenolic OH excluding ortho intramolecular Hbond substituents is 1. The molecule has 5 rings (SSSR count). The van der Waals surface area contributed by atoms with E-state index in [1.54, 1.807) is 0 Å². The lowest BCUT2D eigenvalue weighted by Crippen LogP contribution is -2.59. The fourth-order valence-corrected chi connectivity index (χ4v) is 6.37. The highest BCUT2D eigenvalue weighted by molar-refractivity contribution is 5.91. The molecule has 1 amide bonds. The van der Waals surface area contributed by atoms with Gasteiger partial charge in [0.15, 0.2) is 0 Å². The second-order valence-corrected chi connectivity index (χ2v) is 9.83. The third kappa shape index (κ3) is 4.17. The highest BCUT2D eigenvalue weighted by atomic mass is 16.5. The van der Waals surface area contributed by atoms with E-state index in [1.807, 2.05) is 30.3 Å². The van der Waals surface area contributed by atoms with Crippen molar-refractivity contribution in [1.82, 2.24) is 5.32 Å². The number of unbranched alkanes of at least 4 members (excludes halogenated alkanes) is 1. The van der Waals surface area contributed by atoms with Crippen LogP contribution in [0.15, 0.2) is 36.4 Å². The summed E-state index contributed by atoms with van der Waals surface area (Å²) >= 11 is 0. The van der Waals surface area contributed by atoms with Crippen molar-refractivity contribution >= 4 is 23.2 Å². The van der Waals surface area contributed by atoms with Crippen LogP contribution in [0.25, 0.3) is 0 Å². The molecule has 3 atom stereocenters. The van der Waals surface area contributed by atoms with Gasteiger partial charge in [-0.05, 0) is 80.0 Å². The molecule has 0 spiro atoms. The van der Waals surface area contributed by atoms with E-state index in [9.17, 15) is 9.90 Å². The van der Waals surface area contributed by atoms with Gasteiger partial charge < -0.3 is 20.5 Å². The Labute approximate surface area is 196 Å². The van der Waals surface area contributed by atoms with Gasteiger partial charge in [0, 0.05) is 11.5 Å². The van der Waals surface area contributed by atoms with Gasteiger partial charge in [0.2, 0.25) is 0 Å². The summed E-state index contributed by atoms with van der Waals surface area (Å²) < 4.78 is 5.25. The van der Waals surface area contributed by atoms with E-state index in [0.29, 0.717) is 29.9 Å². The zero-order valence-electron chi connectivity index (χ0n) is 19.5. The summed E-state index contributed by atoms with van der Waals surface area (Å²) in [5.74, 6) is 0.944. The van der Waals surface area contributed by atoms with Crippen molar-refractivity contribution in [3.63, 3.8) is 0 Å². The maximum absolute atomic E-state index is 12.2. The SMILES string of the molecule is CCCCOC(=O)Nc1ccccc1Nc1cc2c(cc1O)[C@@]13CCCC[C@H]1[C@@H](C2)NCC3. The van der Waals surface area contributed by atoms with Gasteiger partial charge in [0.25, 0.3) is 0 Å². The number of rotatable bonds is 6. The minimum absolute atomic E-state index is 0.208. The van der Waals surface area contributed by atoms with Crippen molar-refractivity contribution in [2.24, 2.45) is 5.92 Å². The molecule has 2 aliphatic carbocycles. The standard InChI is InChI=1S/C27H35N3O3/c1-2-3-14-33-26(32)30-22-10-5-4-9-21(22)29-24-16-18-15-23-19-8-6-7-11-27(19,12-13-28-23)20(18)17-25(24)31/h4-5,9-10,16-17,19,23,28-29,31H,2-3,6-8,11-15H2,1H3,(H,30,32)/t19-,23+,27+/m0/s1. The van der Waals surface area contributed by atoms with Crippen LogP contribution in [-0.2, 0) is 16.6 Å². The Kier molecular flexibility index (Phi) is 6.19. The number of piperidine rings is 1. The van der Waals surface area contributed by atoms with Gasteiger partial charge in [-0.2, -0.15) is 0 Å². The molecule has 1 aliphatic heterocycles. The van der Waals surface area contributed by atoms with E-state index in [1.165, 1.54) is 36.8 Å². The largest absolute Gasteiger partial charge is 0.506 e. The second kappa shape index (κ2) is 9.26. The number of nitrogens with one attached hydrogen (secondary N) is 3. The Bertz CT molecular complexity index is 1020. The van der Waals surface area contributed by atoms with E-state index in [0.717, 1.165) is 37.9 Å². The normalized spacial score (nSPS) is 25.5. The summed E-state index contributed by atoms with van der Waals surface area (Å²) in [6.07, 6.45) is 8.60. The first kappa shape index (κ1) is 22.1. The highest BCUT2D eigenvalue weighted by Gasteiger charge is 2.51. The maximum atomic E-state index is 12.2. The van der Waals surface area contributed by atoms with Crippen LogP contribution in [0, 0.1) is 5.92 Å². The van der Waals surface area contributed by atoms with Crippen molar-refractivity contribution in [1.29, 1.82) is 0 Å². The van der Waals surface area contributed by atoms with Crippen molar-refractivity contribution in [2.75, 3.05) is 23.8 Å². The molecule has 6 nitrogen and oxygen atoms in total. The van der Waals surface area contributed by atoms with Crippen LogP contribution < -0.4 is 16.0 Å². The maximum Gasteiger partial charge on any atom is 0.411 e. The lowest BCUT2D eigenvalue weighted by molar-refractivity contribution is 0.0796. The molecule has 0 unspecified atom stereocenters. The van der Waals surface area contributed by atoms with Gasteiger partial charge in [0.05, 0.1) is 23.7 Å². The number of benzene rings is 2. The van der Waals surface area contributed by atoms with Crippen LogP contribution in [0.1, 0.15) is 63.0 Å². The first-order valence-electron chi connectivity index (χ1n) is 12.5. The van der Waals surface area contributed by atoms with Gasteiger partial charge in [-0.25, -0.2) is 4.79 Å². The van der Waals surface area contributed by atoms with Gasteiger partial charge >= 0.3 is 6.09 Å². The molecule has 33 heavy (non-hydrogen) atoms. The summed E-state index contributed by atoms with van der Waals surface area (Å²) in [6.45, 7) is 3.53. The fraction of sp³-hybridized carbons (Fsp3) is 0.519. The summed E-state index contributed by atoms with van der Waals surface area (Å²) in [7, 11) is 0. The van der Waals surface area contributed by atoms with Crippen molar-refractivity contribution < 1.29 is 14.6 Å². The number of carbonyl (C=O) groups excluding carboxylic acids is 1. The predicted octanol–water partition coefficient (Wildman–Crippen LogP) is 5.83. The molecule has 6 heteroatoms. The lowest BCUT2D eigenvalue weighted by atomic mass is 9.53. The summed E-state index contributed by atoms with van der Waals surface area (Å²) in [5, 5.41) is 21.0. The molecule has 2 fully saturated rings. The molecular formula is C27H35N3O3. The number of carbonyl (C=O) groups is 1. The molecule has 0 aromatic heterocycles. The van der Waals surface area contributed by atoms with E-state index >= 15 is 0 Å².